The van der Waals surface area contributed by atoms with Crippen molar-refractivity contribution < 1.29 is 19.1 Å². The van der Waals surface area contributed by atoms with Crippen LogP contribution in [0.1, 0.15) is 34.6 Å². The summed E-state index contributed by atoms with van der Waals surface area (Å²) < 4.78 is 10.5. The Kier molecular flexibility index (Phi) is 7.08. The van der Waals surface area contributed by atoms with E-state index in [4.69, 9.17) is 32.7 Å². The van der Waals surface area contributed by atoms with Crippen LogP contribution in [0.2, 0.25) is 10.0 Å². The molecule has 1 aromatic carbocycles. The molecule has 1 N–H and O–H groups in total. The highest BCUT2D eigenvalue weighted by Crippen LogP contribution is 2.33. The number of hydrogen-bond acceptors (Lipinski definition) is 6. The van der Waals surface area contributed by atoms with Gasteiger partial charge in [0.2, 0.25) is 0 Å². The highest BCUT2D eigenvalue weighted by atomic mass is 35.5. The summed E-state index contributed by atoms with van der Waals surface area (Å²) in [5.74, 6) is -0.725. The van der Waals surface area contributed by atoms with Gasteiger partial charge in [-0.05, 0) is 44.5 Å². The van der Waals surface area contributed by atoms with E-state index in [1.165, 1.54) is 6.07 Å². The fraction of sp³-hybridized carbons (Fsp3) is 0.278. The largest absolute Gasteiger partial charge is 0.482 e. The summed E-state index contributed by atoms with van der Waals surface area (Å²) in [6.45, 7) is 4.77. The number of benzene rings is 1. The van der Waals surface area contributed by atoms with Gasteiger partial charge in [0, 0.05) is 5.02 Å². The third-order valence-electron chi connectivity index (χ3n) is 3.29. The number of halogens is 2. The number of ether oxygens (including phenoxy) is 2. The SMILES string of the molecule is Cc1c(C(=O)OC(C)C)sc(NC(=O)COc2ccc(Cl)cc2Cl)c1C#N. The number of nitrogens with one attached hydrogen (secondary N) is 1. The van der Waals surface area contributed by atoms with Crippen molar-refractivity contribution in [2.45, 2.75) is 26.9 Å². The lowest BCUT2D eigenvalue weighted by atomic mass is 10.2. The number of nitrogens with zero attached hydrogens (tertiary/aromatic N) is 1. The molecule has 0 saturated carbocycles. The second kappa shape index (κ2) is 9.09. The van der Waals surface area contributed by atoms with Gasteiger partial charge < -0.3 is 14.8 Å². The van der Waals surface area contributed by atoms with Gasteiger partial charge in [0.05, 0.1) is 16.7 Å². The second-order valence-electron chi connectivity index (χ2n) is 5.74. The molecule has 0 aliphatic rings. The maximum atomic E-state index is 12.2. The molecule has 0 saturated heterocycles. The molecule has 1 amide bonds. The van der Waals surface area contributed by atoms with E-state index < -0.39 is 11.9 Å². The molecule has 0 bridgehead atoms. The van der Waals surface area contributed by atoms with Crippen molar-refractivity contribution >= 4 is 51.4 Å². The summed E-state index contributed by atoms with van der Waals surface area (Å²) in [6.07, 6.45) is -0.292. The smallest absolute Gasteiger partial charge is 0.348 e. The molecule has 2 rings (SSSR count). The van der Waals surface area contributed by atoms with Gasteiger partial charge in [-0.3, -0.25) is 4.79 Å². The van der Waals surface area contributed by atoms with Crippen LogP contribution in [0.3, 0.4) is 0 Å². The van der Waals surface area contributed by atoms with Crippen LogP contribution in [0.5, 0.6) is 5.75 Å². The lowest BCUT2D eigenvalue weighted by Gasteiger charge is -2.08. The molecule has 0 radical (unpaired) electrons. The van der Waals surface area contributed by atoms with Crippen LogP contribution in [-0.4, -0.2) is 24.6 Å². The van der Waals surface area contributed by atoms with Gasteiger partial charge in [0.25, 0.3) is 5.91 Å². The lowest BCUT2D eigenvalue weighted by molar-refractivity contribution is -0.118. The van der Waals surface area contributed by atoms with Gasteiger partial charge in [-0.25, -0.2) is 4.79 Å². The van der Waals surface area contributed by atoms with Gasteiger partial charge >= 0.3 is 5.97 Å². The minimum Gasteiger partial charge on any atom is -0.482 e. The number of hydrogen-bond donors (Lipinski definition) is 1. The molecular weight excluding hydrogens is 411 g/mol. The first-order chi connectivity index (χ1) is 12.7. The van der Waals surface area contributed by atoms with E-state index in [0.29, 0.717) is 16.3 Å². The molecule has 0 aliphatic carbocycles. The Hall–Kier alpha value is -2.27. The van der Waals surface area contributed by atoms with Crippen LogP contribution >= 0.6 is 34.5 Å². The predicted octanol–water partition coefficient (Wildman–Crippen LogP) is 4.82. The number of esters is 1. The third-order valence-corrected chi connectivity index (χ3v) is 5.01. The fourth-order valence-electron chi connectivity index (χ4n) is 2.10. The topological polar surface area (TPSA) is 88.4 Å². The first kappa shape index (κ1) is 21.0. The molecule has 27 heavy (non-hydrogen) atoms. The van der Waals surface area contributed by atoms with E-state index >= 15 is 0 Å². The zero-order chi connectivity index (χ0) is 20.1. The summed E-state index contributed by atoms with van der Waals surface area (Å²) in [7, 11) is 0. The summed E-state index contributed by atoms with van der Waals surface area (Å²) in [5.41, 5.74) is 0.679. The summed E-state index contributed by atoms with van der Waals surface area (Å²) in [6, 6.07) is 6.63. The van der Waals surface area contributed by atoms with Crippen LogP contribution in [0.4, 0.5) is 5.00 Å². The monoisotopic (exact) mass is 426 g/mol. The van der Waals surface area contributed by atoms with Gasteiger partial charge in [0.15, 0.2) is 6.61 Å². The Bertz CT molecular complexity index is 919. The average Bonchev–Trinajstić information content (AvgIpc) is 2.89. The number of nitriles is 1. The number of amides is 1. The summed E-state index contributed by atoms with van der Waals surface area (Å²) >= 11 is 12.8. The van der Waals surface area contributed by atoms with Crippen molar-refractivity contribution in [1.29, 1.82) is 5.26 Å². The van der Waals surface area contributed by atoms with Crippen molar-refractivity contribution in [3.63, 3.8) is 0 Å². The van der Waals surface area contributed by atoms with Gasteiger partial charge in [-0.15, -0.1) is 11.3 Å². The molecule has 0 aliphatic heterocycles. The third kappa shape index (κ3) is 5.36. The van der Waals surface area contributed by atoms with E-state index in [1.807, 2.05) is 6.07 Å². The molecule has 6 nitrogen and oxygen atoms in total. The Morgan fingerprint density at radius 2 is 2.04 bits per heavy atom. The van der Waals surface area contributed by atoms with E-state index in [9.17, 15) is 14.9 Å². The molecule has 2 aromatic rings. The zero-order valence-electron chi connectivity index (χ0n) is 14.8. The predicted molar refractivity (Wildman–Crippen MR) is 105 cm³/mol. The Labute approximate surface area is 170 Å². The van der Waals surface area contributed by atoms with Crippen molar-refractivity contribution in [2.75, 3.05) is 11.9 Å². The van der Waals surface area contributed by atoms with Crippen LogP contribution in [-0.2, 0) is 9.53 Å². The first-order valence-corrected chi connectivity index (χ1v) is 9.42. The summed E-state index contributed by atoms with van der Waals surface area (Å²) in [4.78, 5) is 24.6. The highest BCUT2D eigenvalue weighted by molar-refractivity contribution is 7.18. The maximum Gasteiger partial charge on any atom is 0.348 e. The number of carbonyl (C=O) groups excluding carboxylic acids is 2. The van der Waals surface area contributed by atoms with Gasteiger partial charge in [0.1, 0.15) is 21.7 Å². The van der Waals surface area contributed by atoms with Crippen LogP contribution < -0.4 is 10.1 Å². The molecule has 142 valence electrons. The van der Waals surface area contributed by atoms with Crippen molar-refractivity contribution in [3.05, 3.63) is 44.2 Å². The lowest BCUT2D eigenvalue weighted by Crippen LogP contribution is -2.20. The minimum absolute atomic E-state index is 0.216. The number of carbonyl (C=O) groups is 2. The van der Waals surface area contributed by atoms with Crippen LogP contribution in [0.15, 0.2) is 18.2 Å². The zero-order valence-corrected chi connectivity index (χ0v) is 17.1. The van der Waals surface area contributed by atoms with E-state index in [-0.39, 0.29) is 33.2 Å². The molecule has 0 spiro atoms. The molecule has 0 unspecified atom stereocenters. The molecule has 1 aromatic heterocycles. The number of thiophene rings is 1. The molecule has 0 atom stereocenters. The molecule has 9 heteroatoms. The summed E-state index contributed by atoms with van der Waals surface area (Å²) in [5, 5.41) is 12.9. The normalized spacial score (nSPS) is 10.4. The highest BCUT2D eigenvalue weighted by Gasteiger charge is 2.23. The Morgan fingerprint density at radius 1 is 1.33 bits per heavy atom. The van der Waals surface area contributed by atoms with E-state index in [1.54, 1.807) is 32.9 Å². The minimum atomic E-state index is -0.534. The van der Waals surface area contributed by atoms with Gasteiger partial charge in [-0.1, -0.05) is 23.2 Å². The van der Waals surface area contributed by atoms with Crippen molar-refractivity contribution in [1.82, 2.24) is 0 Å². The Balaban J connectivity index is 2.10. The van der Waals surface area contributed by atoms with Crippen molar-refractivity contribution in [3.8, 4) is 11.8 Å². The number of anilines is 1. The fourth-order valence-corrected chi connectivity index (χ4v) is 3.62. The van der Waals surface area contributed by atoms with Crippen LogP contribution in [0.25, 0.3) is 0 Å². The molecular formula is C18H16Cl2N2O4S. The van der Waals surface area contributed by atoms with Crippen LogP contribution in [0, 0.1) is 18.3 Å². The average molecular weight is 427 g/mol. The van der Waals surface area contributed by atoms with E-state index in [0.717, 1.165) is 11.3 Å². The standard InChI is InChI=1S/C18H16Cl2N2O4S/c1-9(2)26-18(24)16-10(3)12(7-21)17(27-16)22-15(23)8-25-14-5-4-11(19)6-13(14)20/h4-6,9H,8H2,1-3H3,(H,22,23). The Morgan fingerprint density at radius 3 is 2.63 bits per heavy atom. The first-order valence-electron chi connectivity index (χ1n) is 7.85. The van der Waals surface area contributed by atoms with E-state index in [2.05, 4.69) is 5.32 Å². The molecule has 0 fully saturated rings. The second-order valence-corrected chi connectivity index (χ2v) is 7.60. The quantitative estimate of drug-likeness (QED) is 0.668. The molecule has 1 heterocycles. The number of rotatable bonds is 6. The maximum absolute atomic E-state index is 12.2. The van der Waals surface area contributed by atoms with Gasteiger partial charge in [-0.2, -0.15) is 5.26 Å². The van der Waals surface area contributed by atoms with Crippen molar-refractivity contribution in [2.24, 2.45) is 0 Å².